The van der Waals surface area contributed by atoms with Gasteiger partial charge in [-0.3, -0.25) is 0 Å². The maximum Gasteiger partial charge on any atom is -0.00141 e. The number of hydrogen-bond acceptors (Lipinski definition) is 0. The molecular weight excluding hydrogens is 216 g/mol. The molecule has 84 valence electrons. The highest BCUT2D eigenvalue weighted by Crippen LogP contribution is 2.24. The van der Waals surface area contributed by atoms with E-state index in [0.717, 1.165) is 16.7 Å². The van der Waals surface area contributed by atoms with Gasteiger partial charge in [-0.25, -0.2) is 0 Å². The van der Waals surface area contributed by atoms with Crippen LogP contribution in [0.3, 0.4) is 0 Å². The van der Waals surface area contributed by atoms with E-state index in [-0.39, 0.29) is 0 Å². The minimum Gasteiger partial charge on any atom is -0.0622 e. The summed E-state index contributed by atoms with van der Waals surface area (Å²) >= 11 is 0. The fourth-order valence-electron chi connectivity index (χ4n) is 1.97. The van der Waals surface area contributed by atoms with Crippen molar-refractivity contribution in [3.8, 4) is 22.3 Å². The average Bonchev–Trinajstić information content (AvgIpc) is 2.49. The second-order valence-electron chi connectivity index (χ2n) is 4.12. The van der Waals surface area contributed by atoms with Crippen molar-refractivity contribution in [1.29, 1.82) is 0 Å². The Labute approximate surface area is 108 Å². The second kappa shape index (κ2) is 4.89. The van der Waals surface area contributed by atoms with Gasteiger partial charge < -0.3 is 0 Å². The van der Waals surface area contributed by atoms with Crippen LogP contribution in [0.4, 0.5) is 0 Å². The molecule has 0 amide bonds. The molecule has 3 rings (SSSR count). The molecule has 0 unspecified atom stereocenters. The predicted molar refractivity (Wildman–Crippen MR) is 75.0 cm³/mol. The van der Waals surface area contributed by atoms with Crippen LogP contribution < -0.4 is 0 Å². The summed E-state index contributed by atoms with van der Waals surface area (Å²) < 4.78 is 0. The van der Waals surface area contributed by atoms with Gasteiger partial charge in [-0.15, -0.1) is 0 Å². The summed E-state index contributed by atoms with van der Waals surface area (Å²) in [6, 6.07) is 31.2. The molecule has 0 fully saturated rings. The van der Waals surface area contributed by atoms with Crippen LogP contribution in [0.1, 0.15) is 0 Å². The Morgan fingerprint density at radius 2 is 1.28 bits per heavy atom. The third-order valence-corrected chi connectivity index (χ3v) is 2.88. The molecular formula is C18H12. The highest BCUT2D eigenvalue weighted by Gasteiger charge is 2.01. The van der Waals surface area contributed by atoms with Gasteiger partial charge in [-0.2, -0.15) is 0 Å². The molecule has 0 spiro atoms. The van der Waals surface area contributed by atoms with Crippen molar-refractivity contribution >= 4 is 0 Å². The van der Waals surface area contributed by atoms with Crippen molar-refractivity contribution in [2.45, 2.75) is 0 Å². The van der Waals surface area contributed by atoms with E-state index in [1.807, 2.05) is 36.4 Å². The van der Waals surface area contributed by atoms with Gasteiger partial charge in [0.15, 0.2) is 0 Å². The van der Waals surface area contributed by atoms with E-state index in [1.165, 1.54) is 5.56 Å². The summed E-state index contributed by atoms with van der Waals surface area (Å²) in [5, 5.41) is 0. The van der Waals surface area contributed by atoms with E-state index in [4.69, 9.17) is 0 Å². The molecule has 0 heteroatoms. The largest absolute Gasteiger partial charge is 0.0622 e. The Bertz CT molecular complexity index is 570. The summed E-state index contributed by atoms with van der Waals surface area (Å²) in [6.07, 6.45) is 0. The molecule has 0 heterocycles. The molecule has 0 aliphatic rings. The normalized spacial score (nSPS) is 10.2. The van der Waals surface area contributed by atoms with Crippen molar-refractivity contribution in [3.05, 3.63) is 84.9 Å². The van der Waals surface area contributed by atoms with Gasteiger partial charge in [0.2, 0.25) is 0 Å². The van der Waals surface area contributed by atoms with E-state index < -0.39 is 0 Å². The van der Waals surface area contributed by atoms with E-state index in [1.54, 1.807) is 0 Å². The molecule has 0 aliphatic heterocycles. The zero-order valence-electron chi connectivity index (χ0n) is 9.93. The molecule has 3 aromatic carbocycles. The van der Waals surface area contributed by atoms with Crippen LogP contribution in [-0.4, -0.2) is 0 Å². The molecule has 0 nitrogen and oxygen atoms in total. The van der Waals surface area contributed by atoms with Gasteiger partial charge in [0.1, 0.15) is 0 Å². The summed E-state index contributed by atoms with van der Waals surface area (Å²) in [5.74, 6) is 0. The van der Waals surface area contributed by atoms with Gasteiger partial charge in [0.05, 0.1) is 0 Å². The number of hydrogen-bond donors (Lipinski definition) is 0. The molecule has 0 bridgehead atoms. The molecule has 0 N–H and O–H groups in total. The van der Waals surface area contributed by atoms with Crippen molar-refractivity contribution in [2.24, 2.45) is 0 Å². The number of benzene rings is 3. The molecule has 0 aliphatic carbocycles. The SMILES string of the molecule is [c]1ccccc1-c1[c]c(-c2ccccc2)ccc1. The Balaban J connectivity index is 2.05. The maximum absolute atomic E-state index is 3.45. The monoisotopic (exact) mass is 228 g/mol. The van der Waals surface area contributed by atoms with Crippen LogP contribution >= 0.6 is 0 Å². The van der Waals surface area contributed by atoms with Gasteiger partial charge >= 0.3 is 0 Å². The lowest BCUT2D eigenvalue weighted by Gasteiger charge is -2.04. The lowest BCUT2D eigenvalue weighted by atomic mass is 9.99. The standard InChI is InChI=1S/C18H12/c1-3-8-15(9-4-1)17-12-7-13-18(14-17)16-10-5-2-6-11-16/h1-10,12-13H. The first-order chi connectivity index (χ1) is 8.93. The highest BCUT2D eigenvalue weighted by atomic mass is 14.0. The Morgan fingerprint density at radius 3 is 2.06 bits per heavy atom. The van der Waals surface area contributed by atoms with Crippen LogP contribution in [0.15, 0.2) is 72.8 Å². The van der Waals surface area contributed by atoms with Crippen molar-refractivity contribution < 1.29 is 0 Å². The molecule has 0 saturated heterocycles. The maximum atomic E-state index is 3.45. The average molecular weight is 228 g/mol. The van der Waals surface area contributed by atoms with Crippen molar-refractivity contribution in [2.75, 3.05) is 0 Å². The third kappa shape index (κ3) is 2.18. The minimum atomic E-state index is 1.08. The van der Waals surface area contributed by atoms with Gasteiger partial charge in [-0.05, 0) is 34.4 Å². The van der Waals surface area contributed by atoms with Gasteiger partial charge in [0.25, 0.3) is 0 Å². The molecule has 2 radical (unpaired) electrons. The van der Waals surface area contributed by atoms with Crippen LogP contribution in [0.25, 0.3) is 22.3 Å². The van der Waals surface area contributed by atoms with Crippen LogP contribution in [0.5, 0.6) is 0 Å². The Hall–Kier alpha value is -2.34. The third-order valence-electron chi connectivity index (χ3n) is 2.88. The summed E-state index contributed by atoms with van der Waals surface area (Å²) in [5.41, 5.74) is 4.47. The zero-order chi connectivity index (χ0) is 12.2. The van der Waals surface area contributed by atoms with Crippen LogP contribution in [0, 0.1) is 12.1 Å². The van der Waals surface area contributed by atoms with E-state index in [0.29, 0.717) is 0 Å². The predicted octanol–water partition coefficient (Wildman–Crippen LogP) is 4.62. The lowest BCUT2D eigenvalue weighted by molar-refractivity contribution is 1.57. The van der Waals surface area contributed by atoms with E-state index in [2.05, 4.69) is 48.5 Å². The quantitative estimate of drug-likeness (QED) is 0.600. The summed E-state index contributed by atoms with van der Waals surface area (Å²) in [7, 11) is 0. The summed E-state index contributed by atoms with van der Waals surface area (Å²) in [4.78, 5) is 0. The first kappa shape index (κ1) is 10.8. The second-order valence-corrected chi connectivity index (χ2v) is 4.12. The van der Waals surface area contributed by atoms with Crippen LogP contribution in [-0.2, 0) is 0 Å². The van der Waals surface area contributed by atoms with E-state index >= 15 is 0 Å². The van der Waals surface area contributed by atoms with Crippen LogP contribution in [0.2, 0.25) is 0 Å². The Kier molecular flexibility index (Phi) is 2.93. The topological polar surface area (TPSA) is 0 Å². The fourth-order valence-corrected chi connectivity index (χ4v) is 1.97. The molecule has 0 aromatic heterocycles. The number of rotatable bonds is 2. The molecule has 3 aromatic rings. The fraction of sp³-hybridized carbons (Fsp3) is 0. The highest BCUT2D eigenvalue weighted by molar-refractivity contribution is 5.71. The first-order valence-corrected chi connectivity index (χ1v) is 5.98. The van der Waals surface area contributed by atoms with E-state index in [9.17, 15) is 0 Å². The molecule has 0 atom stereocenters. The van der Waals surface area contributed by atoms with Crippen molar-refractivity contribution in [3.63, 3.8) is 0 Å². The smallest absolute Gasteiger partial charge is 0.00141 e. The molecule has 18 heavy (non-hydrogen) atoms. The lowest BCUT2D eigenvalue weighted by Crippen LogP contribution is -1.81. The van der Waals surface area contributed by atoms with Crippen molar-refractivity contribution in [1.82, 2.24) is 0 Å². The van der Waals surface area contributed by atoms with Gasteiger partial charge in [0, 0.05) is 0 Å². The minimum absolute atomic E-state index is 1.08. The summed E-state index contributed by atoms with van der Waals surface area (Å²) in [6.45, 7) is 0. The Morgan fingerprint density at radius 1 is 0.556 bits per heavy atom. The zero-order valence-corrected chi connectivity index (χ0v) is 9.93. The molecule has 0 saturated carbocycles. The van der Waals surface area contributed by atoms with Gasteiger partial charge in [-0.1, -0.05) is 72.8 Å². The first-order valence-electron chi connectivity index (χ1n) is 5.98.